The number of aliphatic imine (C=N–C) groups is 1. The molecule has 1 aromatic rings. The third-order valence-electron chi connectivity index (χ3n) is 7.84. The molecule has 6 rings (SSSR count). The van der Waals surface area contributed by atoms with Gasteiger partial charge in [0, 0.05) is 32.4 Å². The van der Waals surface area contributed by atoms with Crippen molar-refractivity contribution in [3.8, 4) is 6.19 Å². The van der Waals surface area contributed by atoms with E-state index in [-0.39, 0.29) is 6.04 Å². The van der Waals surface area contributed by atoms with Crippen LogP contribution in [0.3, 0.4) is 0 Å². The summed E-state index contributed by atoms with van der Waals surface area (Å²) >= 11 is 0. The molecule has 33 heavy (non-hydrogen) atoms. The van der Waals surface area contributed by atoms with E-state index in [1.807, 2.05) is 11.1 Å². The molecule has 4 aliphatic carbocycles. The Morgan fingerprint density at radius 1 is 1.18 bits per heavy atom. The normalized spacial score (nSPS) is 34.4. The third-order valence-corrected chi connectivity index (χ3v) is 7.84. The predicted molar refractivity (Wildman–Crippen MR) is 116 cm³/mol. The largest absolute Gasteiger partial charge is 0.417 e. The highest BCUT2D eigenvalue weighted by molar-refractivity contribution is 5.85. The van der Waals surface area contributed by atoms with Crippen LogP contribution in [0.5, 0.6) is 0 Å². The average molecular weight is 463 g/mol. The minimum absolute atomic E-state index is 0.162. The number of hydrogen-bond donors (Lipinski definition) is 2. The average Bonchev–Trinajstić information content (AvgIpc) is 2.75. The Morgan fingerprint density at radius 3 is 2.42 bits per heavy atom. The highest BCUT2D eigenvalue weighted by atomic mass is 19.4. The van der Waals surface area contributed by atoms with E-state index in [1.54, 1.807) is 0 Å². The van der Waals surface area contributed by atoms with Crippen LogP contribution in [0.15, 0.2) is 23.3 Å². The Morgan fingerprint density at radius 2 is 1.88 bits per heavy atom. The first-order valence-electron chi connectivity index (χ1n) is 11.7. The van der Waals surface area contributed by atoms with Gasteiger partial charge in [-0.2, -0.15) is 18.4 Å². The Bertz CT molecular complexity index is 919. The summed E-state index contributed by atoms with van der Waals surface area (Å²) in [6, 6.07) is 2.65. The molecule has 1 aromatic heterocycles. The van der Waals surface area contributed by atoms with Gasteiger partial charge in [-0.3, -0.25) is 15.2 Å². The molecule has 178 valence electrons. The fourth-order valence-corrected chi connectivity index (χ4v) is 6.61. The van der Waals surface area contributed by atoms with Crippen molar-refractivity contribution in [2.24, 2.45) is 22.7 Å². The summed E-state index contributed by atoms with van der Waals surface area (Å²) in [6.07, 6.45) is 3.30. The van der Waals surface area contributed by atoms with E-state index in [2.05, 4.69) is 15.2 Å². The van der Waals surface area contributed by atoms with Crippen LogP contribution in [0.4, 0.5) is 19.0 Å². The molecule has 0 aromatic carbocycles. The standard InChI is InChI=1S/C23H29F3N6O/c24-23(25,26)18-1-2-20(28-12-18)32-5-3-31(4-6-32)13-19(29-14-27)30-21-16-7-15-8-17(21)11-22(33,9-15)10-16/h1-2,12,15-17,21,33H,3-11,13H2,(H,29,30). The molecule has 0 amide bonds. The lowest BCUT2D eigenvalue weighted by Gasteiger charge is -2.57. The minimum atomic E-state index is -4.39. The summed E-state index contributed by atoms with van der Waals surface area (Å²) in [4.78, 5) is 13.2. The van der Waals surface area contributed by atoms with Gasteiger partial charge in [0.15, 0.2) is 6.19 Å². The van der Waals surface area contributed by atoms with Crippen molar-refractivity contribution < 1.29 is 18.3 Å². The zero-order valence-corrected chi connectivity index (χ0v) is 18.4. The number of rotatable bonds is 4. The number of alkyl halides is 3. The number of aromatic nitrogens is 1. The van der Waals surface area contributed by atoms with Gasteiger partial charge in [0.1, 0.15) is 11.7 Å². The molecule has 2 heterocycles. The number of halogens is 3. The summed E-state index contributed by atoms with van der Waals surface area (Å²) in [6.45, 7) is 3.22. The molecule has 2 atom stereocenters. The molecule has 5 aliphatic rings. The van der Waals surface area contributed by atoms with Gasteiger partial charge in [-0.1, -0.05) is 0 Å². The molecule has 2 unspecified atom stereocenters. The predicted octanol–water partition coefficient (Wildman–Crippen LogP) is 2.63. The van der Waals surface area contributed by atoms with Gasteiger partial charge in [-0.25, -0.2) is 4.98 Å². The topological polar surface area (TPSA) is 87.8 Å². The number of nitrogens with one attached hydrogen (secondary N) is 1. The summed E-state index contributed by atoms with van der Waals surface area (Å²) in [7, 11) is 0. The molecule has 4 saturated carbocycles. The zero-order valence-electron chi connectivity index (χ0n) is 18.4. The first-order valence-corrected chi connectivity index (χ1v) is 11.7. The molecular formula is C23H29F3N6O. The fraction of sp³-hybridized carbons (Fsp3) is 0.696. The maximum absolute atomic E-state index is 12.8. The lowest BCUT2D eigenvalue weighted by molar-refractivity contribution is -0.137. The number of hydrogen-bond acceptors (Lipinski definition) is 6. The minimum Gasteiger partial charge on any atom is -0.390 e. The van der Waals surface area contributed by atoms with Crippen LogP contribution in [0, 0.1) is 29.2 Å². The van der Waals surface area contributed by atoms with Crippen molar-refractivity contribution in [2.45, 2.75) is 49.9 Å². The van der Waals surface area contributed by atoms with Crippen LogP contribution in [-0.2, 0) is 6.18 Å². The molecule has 7 nitrogen and oxygen atoms in total. The van der Waals surface area contributed by atoms with Crippen LogP contribution in [0.2, 0.25) is 0 Å². The molecule has 10 heteroatoms. The van der Waals surface area contributed by atoms with Crippen molar-refractivity contribution in [1.82, 2.24) is 15.2 Å². The SMILES string of the molecule is N#CNC(CN1CCN(c2ccc(C(F)(F)F)cn2)CC1)=NC1C2CC3CC1CC(O)(C3)C2. The second-order valence-corrected chi connectivity index (χ2v) is 10.2. The number of amidine groups is 1. The molecule has 1 saturated heterocycles. The number of anilines is 1. The monoisotopic (exact) mass is 462 g/mol. The van der Waals surface area contributed by atoms with E-state index in [1.165, 1.54) is 6.07 Å². The smallest absolute Gasteiger partial charge is 0.390 e. The third kappa shape index (κ3) is 4.66. The number of piperazine rings is 1. The van der Waals surface area contributed by atoms with Gasteiger partial charge < -0.3 is 10.0 Å². The molecule has 0 radical (unpaired) electrons. The summed E-state index contributed by atoms with van der Waals surface area (Å²) in [5.41, 5.74) is -1.25. The molecule has 2 N–H and O–H groups in total. The quantitative estimate of drug-likeness (QED) is 0.310. The Balaban J connectivity index is 1.20. The van der Waals surface area contributed by atoms with Gasteiger partial charge >= 0.3 is 6.18 Å². The van der Waals surface area contributed by atoms with Crippen molar-refractivity contribution in [3.05, 3.63) is 23.9 Å². The first-order chi connectivity index (χ1) is 15.7. The van der Waals surface area contributed by atoms with E-state index in [9.17, 15) is 23.5 Å². The zero-order chi connectivity index (χ0) is 23.2. The van der Waals surface area contributed by atoms with E-state index >= 15 is 0 Å². The Kier molecular flexibility index (Phi) is 5.73. The summed E-state index contributed by atoms with van der Waals surface area (Å²) in [5.74, 6) is 2.60. The van der Waals surface area contributed by atoms with Gasteiger partial charge in [0.25, 0.3) is 0 Å². The molecule has 4 bridgehead atoms. The number of aliphatic hydroxyl groups is 1. The van der Waals surface area contributed by atoms with Crippen molar-refractivity contribution in [3.63, 3.8) is 0 Å². The number of nitrogens with zero attached hydrogens (tertiary/aromatic N) is 5. The second kappa shape index (κ2) is 8.44. The van der Waals surface area contributed by atoms with Gasteiger partial charge in [-0.05, 0) is 62.0 Å². The van der Waals surface area contributed by atoms with Gasteiger partial charge in [0.05, 0.1) is 23.8 Å². The summed E-state index contributed by atoms with van der Waals surface area (Å²) in [5, 5.41) is 22.8. The maximum atomic E-state index is 12.8. The van der Waals surface area contributed by atoms with E-state index in [0.29, 0.717) is 62.1 Å². The van der Waals surface area contributed by atoms with Gasteiger partial charge in [0.2, 0.25) is 0 Å². The number of pyridine rings is 1. The van der Waals surface area contributed by atoms with Crippen molar-refractivity contribution in [2.75, 3.05) is 37.6 Å². The second-order valence-electron chi connectivity index (χ2n) is 10.2. The maximum Gasteiger partial charge on any atom is 0.417 e. The fourth-order valence-electron chi connectivity index (χ4n) is 6.61. The van der Waals surface area contributed by atoms with Crippen LogP contribution in [0.1, 0.15) is 37.7 Å². The van der Waals surface area contributed by atoms with Crippen LogP contribution in [-0.4, -0.2) is 65.2 Å². The van der Waals surface area contributed by atoms with Crippen LogP contribution < -0.4 is 10.2 Å². The van der Waals surface area contributed by atoms with E-state index < -0.39 is 17.3 Å². The number of nitriles is 1. The van der Waals surface area contributed by atoms with Crippen molar-refractivity contribution >= 4 is 11.7 Å². The highest BCUT2D eigenvalue weighted by Gasteiger charge is 2.54. The van der Waals surface area contributed by atoms with E-state index in [4.69, 9.17) is 4.99 Å². The lowest BCUT2D eigenvalue weighted by Crippen LogP contribution is -2.57. The molecule has 1 aliphatic heterocycles. The van der Waals surface area contributed by atoms with Crippen LogP contribution >= 0.6 is 0 Å². The first kappa shape index (κ1) is 22.4. The Labute approximate surface area is 191 Å². The molecular weight excluding hydrogens is 433 g/mol. The van der Waals surface area contributed by atoms with Gasteiger partial charge in [-0.15, -0.1) is 0 Å². The lowest BCUT2D eigenvalue weighted by atomic mass is 9.52. The molecule has 5 fully saturated rings. The Hall–Kier alpha value is -2.38. The van der Waals surface area contributed by atoms with Crippen molar-refractivity contribution in [1.29, 1.82) is 5.26 Å². The summed E-state index contributed by atoms with van der Waals surface area (Å²) < 4.78 is 38.3. The van der Waals surface area contributed by atoms with E-state index in [0.717, 1.165) is 44.4 Å². The van der Waals surface area contributed by atoms with Crippen LogP contribution in [0.25, 0.3) is 0 Å². The molecule has 0 spiro atoms. The highest BCUT2D eigenvalue weighted by Crippen LogP contribution is 2.56.